The Labute approximate surface area is 168 Å². The van der Waals surface area contributed by atoms with Gasteiger partial charge in [-0.15, -0.1) is 0 Å². The predicted octanol–water partition coefficient (Wildman–Crippen LogP) is 5.83. The molecule has 0 spiro atoms. The van der Waals surface area contributed by atoms with Crippen LogP contribution in [0, 0.1) is 6.92 Å². The van der Waals surface area contributed by atoms with E-state index >= 15 is 0 Å². The molecular weight excluding hydrogens is 381 g/mol. The third-order valence-corrected chi connectivity index (χ3v) is 6.14. The lowest BCUT2D eigenvalue weighted by Crippen LogP contribution is -2.40. The van der Waals surface area contributed by atoms with E-state index in [0.29, 0.717) is 28.6 Å². The molecule has 1 atom stereocenters. The van der Waals surface area contributed by atoms with E-state index in [-0.39, 0.29) is 24.0 Å². The summed E-state index contributed by atoms with van der Waals surface area (Å²) < 4.78 is 0. The Kier molecular flexibility index (Phi) is 4.83. The molecule has 2 aliphatic rings. The molecule has 2 aromatic carbocycles. The van der Waals surface area contributed by atoms with E-state index in [1.807, 2.05) is 31.2 Å². The zero-order chi connectivity index (χ0) is 19.1. The number of anilines is 1. The minimum absolute atomic E-state index is 0.0572. The summed E-state index contributed by atoms with van der Waals surface area (Å²) in [5, 5.41) is 0.734. The fraction of sp³-hybridized carbons (Fsp3) is 0.273. The number of amides is 1. The maximum atomic E-state index is 13.1. The normalized spacial score (nSPS) is 20.1. The largest absolute Gasteiger partial charge is 0.294 e. The van der Waals surface area contributed by atoms with Gasteiger partial charge in [-0.25, -0.2) is 0 Å². The number of nitrogens with zero attached hydrogens (tertiary/aromatic N) is 1. The fourth-order valence-corrected chi connectivity index (χ4v) is 4.40. The molecule has 4 rings (SSSR count). The number of rotatable bonds is 2. The van der Waals surface area contributed by atoms with Gasteiger partial charge >= 0.3 is 0 Å². The van der Waals surface area contributed by atoms with Crippen molar-refractivity contribution in [2.24, 2.45) is 0 Å². The van der Waals surface area contributed by atoms with Gasteiger partial charge in [0.25, 0.3) is 0 Å². The molecule has 0 bridgehead atoms. The lowest BCUT2D eigenvalue weighted by Gasteiger charge is -2.38. The zero-order valence-electron chi connectivity index (χ0n) is 15.0. The van der Waals surface area contributed by atoms with Crippen LogP contribution in [0.25, 0.3) is 0 Å². The molecule has 3 nitrogen and oxygen atoms in total. The fourth-order valence-electron chi connectivity index (χ4n) is 4.02. The number of carbonyl (C=O) groups excluding carboxylic acids is 2. The molecule has 5 heteroatoms. The Morgan fingerprint density at radius 3 is 2.48 bits per heavy atom. The van der Waals surface area contributed by atoms with Crippen LogP contribution in [0.3, 0.4) is 0 Å². The molecule has 1 unspecified atom stereocenters. The molecule has 0 radical (unpaired) electrons. The van der Waals surface area contributed by atoms with E-state index in [1.54, 1.807) is 23.1 Å². The molecule has 0 fully saturated rings. The van der Waals surface area contributed by atoms with Gasteiger partial charge in [0.15, 0.2) is 5.78 Å². The van der Waals surface area contributed by atoms with E-state index in [0.717, 1.165) is 28.8 Å². The Bertz CT molecular complexity index is 963. The summed E-state index contributed by atoms with van der Waals surface area (Å²) in [6, 6.07) is 13.3. The number of ketones is 1. The van der Waals surface area contributed by atoms with Gasteiger partial charge in [-0.05, 0) is 37.5 Å². The third-order valence-electron chi connectivity index (χ3n) is 5.33. The third kappa shape index (κ3) is 3.19. The molecule has 2 aromatic rings. The van der Waals surface area contributed by atoms with Crippen molar-refractivity contribution in [2.45, 2.75) is 38.5 Å². The first-order valence-corrected chi connectivity index (χ1v) is 9.82. The van der Waals surface area contributed by atoms with Crippen molar-refractivity contribution < 1.29 is 9.59 Å². The number of allylic oxidation sites excluding steroid dienone is 2. The highest BCUT2D eigenvalue weighted by atomic mass is 35.5. The number of hydrogen-bond donors (Lipinski definition) is 0. The summed E-state index contributed by atoms with van der Waals surface area (Å²) >= 11 is 12.6. The molecule has 0 N–H and O–H groups in total. The number of benzene rings is 2. The first-order chi connectivity index (χ1) is 13.0. The first-order valence-electron chi connectivity index (χ1n) is 9.07. The van der Waals surface area contributed by atoms with Gasteiger partial charge in [0, 0.05) is 30.0 Å². The molecule has 1 heterocycles. The van der Waals surface area contributed by atoms with Crippen LogP contribution in [-0.4, -0.2) is 11.7 Å². The minimum Gasteiger partial charge on any atom is -0.294 e. The highest BCUT2D eigenvalue weighted by molar-refractivity contribution is 6.44. The maximum Gasteiger partial charge on any atom is 0.232 e. The van der Waals surface area contributed by atoms with Crippen molar-refractivity contribution in [2.75, 3.05) is 4.90 Å². The number of carbonyl (C=O) groups is 2. The summed E-state index contributed by atoms with van der Waals surface area (Å²) in [5.74, 6) is -0.134. The Morgan fingerprint density at radius 1 is 1.00 bits per heavy atom. The van der Waals surface area contributed by atoms with Gasteiger partial charge in [0.05, 0.1) is 15.7 Å². The van der Waals surface area contributed by atoms with Crippen LogP contribution in [0.5, 0.6) is 0 Å². The van der Waals surface area contributed by atoms with E-state index in [2.05, 4.69) is 0 Å². The molecule has 1 aliphatic carbocycles. The van der Waals surface area contributed by atoms with Crippen molar-refractivity contribution in [3.05, 3.63) is 74.9 Å². The highest BCUT2D eigenvalue weighted by Gasteiger charge is 2.40. The van der Waals surface area contributed by atoms with Crippen LogP contribution in [0.1, 0.15) is 42.7 Å². The zero-order valence-corrected chi connectivity index (χ0v) is 16.5. The molecule has 0 saturated carbocycles. The molecular formula is C22H19Cl2NO2. The van der Waals surface area contributed by atoms with E-state index in [4.69, 9.17) is 23.2 Å². The second kappa shape index (κ2) is 7.14. The Morgan fingerprint density at radius 2 is 1.74 bits per heavy atom. The van der Waals surface area contributed by atoms with E-state index < -0.39 is 0 Å². The summed E-state index contributed by atoms with van der Waals surface area (Å²) in [4.78, 5) is 27.6. The summed E-state index contributed by atoms with van der Waals surface area (Å²) in [6.07, 6.45) is 2.18. The molecule has 27 heavy (non-hydrogen) atoms. The molecule has 138 valence electrons. The second-order valence-electron chi connectivity index (χ2n) is 7.11. The van der Waals surface area contributed by atoms with Gasteiger partial charge in [0.1, 0.15) is 0 Å². The number of halogens is 2. The standard InChI is InChI=1S/C22H19Cl2NO2/c1-13-8-10-14(11-9-13)15-12-20(27)25(17-5-3-7-19(26)21(15)17)18-6-2-4-16(23)22(18)24/h2,4,6,8-11,15H,3,5,7,12H2,1H3. The van der Waals surface area contributed by atoms with E-state index in [1.165, 1.54) is 0 Å². The molecule has 0 aromatic heterocycles. The van der Waals surface area contributed by atoms with Crippen LogP contribution in [0.4, 0.5) is 5.69 Å². The highest BCUT2D eigenvalue weighted by Crippen LogP contribution is 2.45. The minimum atomic E-state index is -0.199. The van der Waals surface area contributed by atoms with Gasteiger partial charge in [0.2, 0.25) is 5.91 Å². The Hall–Kier alpha value is -2.10. The summed E-state index contributed by atoms with van der Waals surface area (Å²) in [5.41, 5.74) is 4.24. The van der Waals surface area contributed by atoms with Crippen molar-refractivity contribution >= 4 is 40.6 Å². The average Bonchev–Trinajstić information content (AvgIpc) is 2.65. The van der Waals surface area contributed by atoms with Crippen molar-refractivity contribution in [1.82, 2.24) is 0 Å². The van der Waals surface area contributed by atoms with Gasteiger partial charge in [-0.1, -0.05) is 59.1 Å². The number of hydrogen-bond acceptors (Lipinski definition) is 2. The molecule has 0 saturated heterocycles. The number of aryl methyl sites for hydroxylation is 1. The summed E-state index contributed by atoms with van der Waals surface area (Å²) in [6.45, 7) is 2.02. The smallest absolute Gasteiger partial charge is 0.232 e. The predicted molar refractivity (Wildman–Crippen MR) is 108 cm³/mol. The van der Waals surface area contributed by atoms with Crippen LogP contribution in [0.2, 0.25) is 10.0 Å². The average molecular weight is 400 g/mol. The summed E-state index contributed by atoms with van der Waals surface area (Å²) in [7, 11) is 0. The van der Waals surface area contributed by atoms with Crippen LogP contribution >= 0.6 is 23.2 Å². The van der Waals surface area contributed by atoms with E-state index in [9.17, 15) is 9.59 Å². The molecule has 1 amide bonds. The quantitative estimate of drug-likeness (QED) is 0.636. The van der Waals surface area contributed by atoms with Crippen LogP contribution < -0.4 is 4.90 Å². The van der Waals surface area contributed by atoms with Gasteiger partial charge < -0.3 is 0 Å². The van der Waals surface area contributed by atoms with Gasteiger partial charge in [-0.2, -0.15) is 0 Å². The lowest BCUT2D eigenvalue weighted by atomic mass is 9.77. The van der Waals surface area contributed by atoms with Crippen molar-refractivity contribution in [1.29, 1.82) is 0 Å². The van der Waals surface area contributed by atoms with Crippen molar-refractivity contribution in [3.8, 4) is 0 Å². The Balaban J connectivity index is 1.88. The first kappa shape index (κ1) is 18.3. The van der Waals surface area contributed by atoms with Crippen molar-refractivity contribution in [3.63, 3.8) is 0 Å². The number of Topliss-reactive ketones (excluding diaryl/α,β-unsaturated/α-hetero) is 1. The SMILES string of the molecule is Cc1ccc(C2CC(=O)N(c3cccc(Cl)c3Cl)C3=C2C(=O)CCC3)cc1. The monoisotopic (exact) mass is 399 g/mol. The van der Waals surface area contributed by atoms with Crippen LogP contribution in [0.15, 0.2) is 53.7 Å². The maximum absolute atomic E-state index is 13.1. The topological polar surface area (TPSA) is 37.4 Å². The molecule has 1 aliphatic heterocycles. The lowest BCUT2D eigenvalue weighted by molar-refractivity contribution is -0.119. The second-order valence-corrected chi connectivity index (χ2v) is 7.89. The van der Waals surface area contributed by atoms with Gasteiger partial charge in [-0.3, -0.25) is 14.5 Å². The van der Waals surface area contributed by atoms with Crippen LogP contribution in [-0.2, 0) is 9.59 Å².